The minimum absolute atomic E-state index is 0.150. The summed E-state index contributed by atoms with van der Waals surface area (Å²) >= 11 is 0. The van der Waals surface area contributed by atoms with Crippen molar-refractivity contribution in [3.63, 3.8) is 0 Å². The van der Waals surface area contributed by atoms with E-state index in [0.29, 0.717) is 0 Å². The highest BCUT2D eigenvalue weighted by Gasteiger charge is 2.44. The van der Waals surface area contributed by atoms with Crippen molar-refractivity contribution < 1.29 is 23.1 Å². The molecular weight excluding hydrogens is 293 g/mol. The zero-order valence-corrected chi connectivity index (χ0v) is 11.8. The van der Waals surface area contributed by atoms with Gasteiger partial charge in [-0.1, -0.05) is 61.5 Å². The molecule has 5 heteroatoms. The molecule has 116 valence electrons. The molecule has 0 radical (unpaired) electrons. The van der Waals surface area contributed by atoms with E-state index in [0.717, 1.165) is 18.1 Å². The van der Waals surface area contributed by atoms with Gasteiger partial charge in [-0.2, -0.15) is 13.2 Å². The minimum Gasteiger partial charge on any atom is -0.481 e. The first-order valence-corrected chi connectivity index (χ1v) is 6.75. The maximum absolute atomic E-state index is 12.8. The summed E-state index contributed by atoms with van der Waals surface area (Å²) < 4.78 is 38.5. The molecule has 0 amide bonds. The van der Waals surface area contributed by atoms with Crippen LogP contribution < -0.4 is 0 Å². The molecule has 0 saturated carbocycles. The number of hydrogen-bond donors (Lipinski definition) is 1. The molecule has 0 aliphatic rings. The van der Waals surface area contributed by atoms with Gasteiger partial charge in [0.25, 0.3) is 0 Å². The van der Waals surface area contributed by atoms with Crippen LogP contribution in [0.15, 0.2) is 54.6 Å². The van der Waals surface area contributed by atoms with Crippen molar-refractivity contribution in [1.82, 2.24) is 0 Å². The van der Waals surface area contributed by atoms with Crippen LogP contribution in [0.3, 0.4) is 0 Å². The standard InChI is InChI=1S/C17H15F3O2/c1-11(17(18,19)20)15(16(21)22)14-9-7-13(8-10-14)12-5-3-2-4-6-12/h2-11,15H,1H3,(H,21,22)/t11-,15?/m1/s1. The van der Waals surface area contributed by atoms with Gasteiger partial charge in [0.05, 0.1) is 11.8 Å². The summed E-state index contributed by atoms with van der Waals surface area (Å²) in [6.07, 6.45) is -4.55. The largest absolute Gasteiger partial charge is 0.481 e. The normalized spacial score (nSPS) is 14.4. The van der Waals surface area contributed by atoms with Crippen LogP contribution in [0, 0.1) is 5.92 Å². The molecule has 2 aromatic rings. The second-order valence-electron chi connectivity index (χ2n) is 5.13. The van der Waals surface area contributed by atoms with Crippen molar-refractivity contribution in [2.45, 2.75) is 19.0 Å². The number of carbonyl (C=O) groups is 1. The third-order valence-corrected chi connectivity index (χ3v) is 3.66. The molecule has 0 aliphatic heterocycles. The van der Waals surface area contributed by atoms with Crippen LogP contribution >= 0.6 is 0 Å². The molecule has 0 heterocycles. The maximum Gasteiger partial charge on any atom is 0.392 e. The van der Waals surface area contributed by atoms with E-state index in [1.165, 1.54) is 12.1 Å². The molecule has 2 aromatic carbocycles. The predicted octanol–water partition coefficient (Wildman–Crippen LogP) is 4.72. The lowest BCUT2D eigenvalue weighted by molar-refractivity contribution is -0.183. The highest BCUT2D eigenvalue weighted by atomic mass is 19.4. The lowest BCUT2D eigenvalue weighted by Gasteiger charge is -2.23. The van der Waals surface area contributed by atoms with Gasteiger partial charge in [0.2, 0.25) is 0 Å². The van der Waals surface area contributed by atoms with E-state index in [2.05, 4.69) is 0 Å². The van der Waals surface area contributed by atoms with Crippen molar-refractivity contribution in [2.24, 2.45) is 5.92 Å². The average molecular weight is 308 g/mol. The third kappa shape index (κ3) is 3.47. The first-order chi connectivity index (χ1) is 10.3. The highest BCUT2D eigenvalue weighted by molar-refractivity contribution is 5.77. The Morgan fingerprint density at radius 1 is 0.955 bits per heavy atom. The van der Waals surface area contributed by atoms with E-state index in [1.807, 2.05) is 30.3 Å². The number of halogens is 3. The molecule has 0 fully saturated rings. The van der Waals surface area contributed by atoms with Gasteiger partial charge in [0, 0.05) is 0 Å². The summed E-state index contributed by atoms with van der Waals surface area (Å²) in [4.78, 5) is 11.2. The Hall–Kier alpha value is -2.30. The summed E-state index contributed by atoms with van der Waals surface area (Å²) in [7, 11) is 0. The van der Waals surface area contributed by atoms with E-state index >= 15 is 0 Å². The molecule has 0 aliphatic carbocycles. The molecule has 0 saturated heterocycles. The highest BCUT2D eigenvalue weighted by Crippen LogP contribution is 2.38. The lowest BCUT2D eigenvalue weighted by atomic mass is 9.86. The molecule has 22 heavy (non-hydrogen) atoms. The Balaban J connectivity index is 2.33. The SMILES string of the molecule is C[C@H](C(C(=O)O)c1ccc(-c2ccccc2)cc1)C(F)(F)F. The van der Waals surface area contributed by atoms with Gasteiger partial charge in [0.15, 0.2) is 0 Å². The first kappa shape index (κ1) is 16.1. The number of carboxylic acid groups (broad SMARTS) is 1. The van der Waals surface area contributed by atoms with Crippen LogP contribution in [0.1, 0.15) is 18.4 Å². The number of hydrogen-bond acceptors (Lipinski definition) is 1. The summed E-state index contributed by atoms with van der Waals surface area (Å²) in [6, 6.07) is 15.5. The molecule has 1 unspecified atom stereocenters. The molecule has 2 rings (SSSR count). The fraction of sp³-hybridized carbons (Fsp3) is 0.235. The van der Waals surface area contributed by atoms with E-state index < -0.39 is 24.0 Å². The topological polar surface area (TPSA) is 37.3 Å². The quantitative estimate of drug-likeness (QED) is 0.887. The first-order valence-electron chi connectivity index (χ1n) is 6.75. The monoisotopic (exact) mass is 308 g/mol. The van der Waals surface area contributed by atoms with Crippen molar-refractivity contribution in [2.75, 3.05) is 0 Å². The fourth-order valence-corrected chi connectivity index (χ4v) is 2.35. The van der Waals surface area contributed by atoms with Gasteiger partial charge in [-0.15, -0.1) is 0 Å². The van der Waals surface area contributed by atoms with E-state index in [1.54, 1.807) is 12.1 Å². The van der Waals surface area contributed by atoms with E-state index in [4.69, 9.17) is 5.11 Å². The molecule has 0 aromatic heterocycles. The molecule has 1 N–H and O–H groups in total. The van der Waals surface area contributed by atoms with Gasteiger partial charge in [0.1, 0.15) is 0 Å². The van der Waals surface area contributed by atoms with E-state index in [-0.39, 0.29) is 5.56 Å². The van der Waals surface area contributed by atoms with Crippen LogP contribution in [-0.4, -0.2) is 17.3 Å². The van der Waals surface area contributed by atoms with Crippen LogP contribution in [0.4, 0.5) is 13.2 Å². The Morgan fingerprint density at radius 2 is 1.45 bits per heavy atom. The molecule has 2 nitrogen and oxygen atoms in total. The third-order valence-electron chi connectivity index (χ3n) is 3.66. The predicted molar refractivity (Wildman–Crippen MR) is 77.5 cm³/mol. The summed E-state index contributed by atoms with van der Waals surface area (Å²) in [5.74, 6) is -5.03. The summed E-state index contributed by atoms with van der Waals surface area (Å²) in [5, 5.41) is 9.15. The molecule has 2 atom stereocenters. The maximum atomic E-state index is 12.8. The van der Waals surface area contributed by atoms with Crippen molar-refractivity contribution >= 4 is 5.97 Å². The molecule has 0 bridgehead atoms. The molecule has 0 spiro atoms. The Kier molecular flexibility index (Phi) is 4.54. The molecular formula is C17H15F3O2. The Labute approximate surface area is 126 Å². The van der Waals surface area contributed by atoms with Crippen LogP contribution in [0.25, 0.3) is 11.1 Å². The van der Waals surface area contributed by atoms with Crippen molar-refractivity contribution in [3.8, 4) is 11.1 Å². The number of benzene rings is 2. The summed E-state index contributed by atoms with van der Waals surface area (Å²) in [6.45, 7) is 0.893. The van der Waals surface area contributed by atoms with Gasteiger partial charge in [-0.3, -0.25) is 4.79 Å². The minimum atomic E-state index is -4.55. The second-order valence-corrected chi connectivity index (χ2v) is 5.13. The Morgan fingerprint density at radius 3 is 1.91 bits per heavy atom. The number of carboxylic acids is 1. The number of alkyl halides is 3. The van der Waals surface area contributed by atoms with Crippen LogP contribution in [0.2, 0.25) is 0 Å². The fourth-order valence-electron chi connectivity index (χ4n) is 2.35. The van der Waals surface area contributed by atoms with Crippen LogP contribution in [0.5, 0.6) is 0 Å². The lowest BCUT2D eigenvalue weighted by Crippen LogP contribution is -2.31. The second kappa shape index (κ2) is 6.22. The van der Waals surface area contributed by atoms with Gasteiger partial charge >= 0.3 is 12.1 Å². The van der Waals surface area contributed by atoms with Crippen molar-refractivity contribution in [1.29, 1.82) is 0 Å². The smallest absolute Gasteiger partial charge is 0.392 e. The van der Waals surface area contributed by atoms with Crippen molar-refractivity contribution in [3.05, 3.63) is 60.2 Å². The van der Waals surface area contributed by atoms with Gasteiger partial charge < -0.3 is 5.11 Å². The number of rotatable bonds is 4. The Bertz CT molecular complexity index is 633. The zero-order chi connectivity index (χ0) is 16.3. The van der Waals surface area contributed by atoms with Gasteiger partial charge in [-0.05, 0) is 16.7 Å². The number of aliphatic carboxylic acids is 1. The average Bonchev–Trinajstić information content (AvgIpc) is 2.48. The van der Waals surface area contributed by atoms with E-state index in [9.17, 15) is 18.0 Å². The zero-order valence-electron chi connectivity index (χ0n) is 11.8. The van der Waals surface area contributed by atoms with Crippen LogP contribution in [-0.2, 0) is 4.79 Å². The summed E-state index contributed by atoms with van der Waals surface area (Å²) in [5.41, 5.74) is 1.90. The van der Waals surface area contributed by atoms with Gasteiger partial charge in [-0.25, -0.2) is 0 Å².